The number of fused-ring (bicyclic) bond motifs is 1. The van der Waals surface area contributed by atoms with Gasteiger partial charge in [-0.25, -0.2) is 0 Å². The van der Waals surface area contributed by atoms with Crippen molar-refractivity contribution in [2.24, 2.45) is 0 Å². The molecule has 1 aliphatic heterocycles. The van der Waals surface area contributed by atoms with Crippen LogP contribution in [0.4, 0.5) is 11.4 Å². The Kier molecular flexibility index (Phi) is 3.29. The summed E-state index contributed by atoms with van der Waals surface area (Å²) in [5.74, 6) is -0.0776. The summed E-state index contributed by atoms with van der Waals surface area (Å²) in [4.78, 5) is 23.6. The molecule has 1 N–H and O–H groups in total. The lowest BCUT2D eigenvalue weighted by atomic mass is 10.1. The summed E-state index contributed by atoms with van der Waals surface area (Å²) in [6, 6.07) is 4.43. The van der Waals surface area contributed by atoms with Gasteiger partial charge in [0.05, 0.1) is 17.4 Å². The number of nitro groups is 1. The Labute approximate surface area is 104 Å². The lowest BCUT2D eigenvalue weighted by molar-refractivity contribution is -0.384. The summed E-state index contributed by atoms with van der Waals surface area (Å²) in [6.07, 6.45) is 0.207. The van der Waals surface area contributed by atoms with Crippen molar-refractivity contribution in [2.45, 2.75) is 25.9 Å². The summed E-state index contributed by atoms with van der Waals surface area (Å²) < 4.78 is 0. The van der Waals surface area contributed by atoms with Gasteiger partial charge in [-0.2, -0.15) is 0 Å². The molecule has 18 heavy (non-hydrogen) atoms. The van der Waals surface area contributed by atoms with E-state index < -0.39 is 11.0 Å². The second-order valence-corrected chi connectivity index (χ2v) is 4.43. The highest BCUT2D eigenvalue weighted by molar-refractivity contribution is 6.01. The summed E-state index contributed by atoms with van der Waals surface area (Å²) in [5, 5.41) is 19.9. The lowest BCUT2D eigenvalue weighted by Gasteiger charge is -2.18. The van der Waals surface area contributed by atoms with E-state index in [1.807, 2.05) is 0 Å². The van der Waals surface area contributed by atoms with E-state index in [0.29, 0.717) is 24.2 Å². The molecular weight excluding hydrogens is 236 g/mol. The normalized spacial score (nSPS) is 15.7. The van der Waals surface area contributed by atoms with E-state index in [0.717, 1.165) is 0 Å². The van der Waals surface area contributed by atoms with E-state index in [-0.39, 0.29) is 18.0 Å². The van der Waals surface area contributed by atoms with Crippen LogP contribution in [0.5, 0.6) is 0 Å². The molecule has 0 saturated carbocycles. The van der Waals surface area contributed by atoms with Gasteiger partial charge in [-0.15, -0.1) is 0 Å². The van der Waals surface area contributed by atoms with Crippen molar-refractivity contribution in [3.05, 3.63) is 33.9 Å². The van der Waals surface area contributed by atoms with E-state index in [9.17, 15) is 20.0 Å². The predicted octanol–water partition coefficient (Wildman–Crippen LogP) is 1.25. The van der Waals surface area contributed by atoms with Gasteiger partial charge in [0.2, 0.25) is 5.91 Å². The van der Waals surface area contributed by atoms with Crippen LogP contribution in [0.2, 0.25) is 0 Å². The minimum Gasteiger partial charge on any atom is -0.393 e. The molecule has 0 radical (unpaired) electrons. The molecule has 0 aromatic heterocycles. The molecule has 0 saturated heterocycles. The van der Waals surface area contributed by atoms with E-state index >= 15 is 0 Å². The molecule has 1 aliphatic rings. The molecule has 1 heterocycles. The molecule has 0 fully saturated rings. The Hall–Kier alpha value is -1.95. The van der Waals surface area contributed by atoms with Crippen LogP contribution < -0.4 is 4.90 Å². The molecule has 1 unspecified atom stereocenters. The molecule has 1 aromatic rings. The number of nitrogens with zero attached hydrogens (tertiary/aromatic N) is 2. The number of nitro benzene ring substituents is 1. The van der Waals surface area contributed by atoms with Crippen LogP contribution in [-0.2, 0) is 11.2 Å². The average Bonchev–Trinajstić information content (AvgIpc) is 2.60. The third-order valence-electron chi connectivity index (χ3n) is 2.98. The fourth-order valence-electron chi connectivity index (χ4n) is 2.04. The maximum Gasteiger partial charge on any atom is 0.269 e. The van der Waals surface area contributed by atoms with Gasteiger partial charge in [0, 0.05) is 24.4 Å². The van der Waals surface area contributed by atoms with Gasteiger partial charge in [0.1, 0.15) is 0 Å². The van der Waals surface area contributed by atoms with Gasteiger partial charge in [0.15, 0.2) is 0 Å². The van der Waals surface area contributed by atoms with E-state index in [4.69, 9.17) is 0 Å². The standard InChI is InChI=1S/C12H14N2O4/c1-8(15)4-5-13-11-3-2-10(14(17)18)6-9(11)7-12(13)16/h2-3,6,8,15H,4-5,7H2,1H3. The zero-order valence-corrected chi connectivity index (χ0v) is 10.00. The molecule has 0 aliphatic carbocycles. The van der Waals surface area contributed by atoms with Crippen molar-refractivity contribution in [2.75, 3.05) is 11.4 Å². The monoisotopic (exact) mass is 250 g/mol. The zero-order valence-electron chi connectivity index (χ0n) is 10.00. The first kappa shape index (κ1) is 12.5. The van der Waals surface area contributed by atoms with Crippen molar-refractivity contribution >= 4 is 17.3 Å². The smallest absolute Gasteiger partial charge is 0.269 e. The minimum atomic E-state index is -0.472. The Morgan fingerprint density at radius 3 is 2.89 bits per heavy atom. The highest BCUT2D eigenvalue weighted by atomic mass is 16.6. The van der Waals surface area contributed by atoms with Crippen LogP contribution in [0.15, 0.2) is 18.2 Å². The van der Waals surface area contributed by atoms with Gasteiger partial charge in [-0.05, 0) is 25.0 Å². The summed E-state index contributed by atoms with van der Waals surface area (Å²) in [7, 11) is 0. The van der Waals surface area contributed by atoms with Crippen LogP contribution in [0.1, 0.15) is 18.9 Å². The number of aliphatic hydroxyl groups is 1. The highest BCUT2D eigenvalue weighted by Gasteiger charge is 2.28. The maximum absolute atomic E-state index is 11.8. The molecule has 2 rings (SSSR count). The van der Waals surface area contributed by atoms with Crippen LogP contribution in [-0.4, -0.2) is 28.6 Å². The number of carbonyl (C=O) groups is 1. The Morgan fingerprint density at radius 2 is 2.28 bits per heavy atom. The SMILES string of the molecule is CC(O)CCN1C(=O)Cc2cc([N+](=O)[O-])ccc21. The topological polar surface area (TPSA) is 83.7 Å². The number of anilines is 1. The Morgan fingerprint density at radius 1 is 1.56 bits per heavy atom. The average molecular weight is 250 g/mol. The third-order valence-corrected chi connectivity index (χ3v) is 2.98. The number of non-ortho nitro benzene ring substituents is 1. The number of hydrogen-bond acceptors (Lipinski definition) is 4. The van der Waals surface area contributed by atoms with Gasteiger partial charge in [-0.3, -0.25) is 14.9 Å². The predicted molar refractivity (Wildman–Crippen MR) is 65.5 cm³/mol. The lowest BCUT2D eigenvalue weighted by Crippen LogP contribution is -2.29. The number of benzene rings is 1. The van der Waals surface area contributed by atoms with Crippen LogP contribution in [0.25, 0.3) is 0 Å². The number of hydrogen-bond donors (Lipinski definition) is 1. The molecule has 6 nitrogen and oxygen atoms in total. The largest absolute Gasteiger partial charge is 0.393 e. The van der Waals surface area contributed by atoms with Gasteiger partial charge in [0.25, 0.3) is 5.69 Å². The van der Waals surface area contributed by atoms with Crippen LogP contribution in [0, 0.1) is 10.1 Å². The molecule has 1 amide bonds. The quantitative estimate of drug-likeness (QED) is 0.644. The van der Waals surface area contributed by atoms with Crippen molar-refractivity contribution in [3.8, 4) is 0 Å². The number of rotatable bonds is 4. The second kappa shape index (κ2) is 4.73. The molecule has 1 aromatic carbocycles. The minimum absolute atomic E-state index is 0.000994. The third kappa shape index (κ3) is 2.33. The Bertz CT molecular complexity index is 499. The summed E-state index contributed by atoms with van der Waals surface area (Å²) in [6.45, 7) is 2.10. The number of aliphatic hydroxyl groups excluding tert-OH is 1. The van der Waals surface area contributed by atoms with E-state index in [2.05, 4.69) is 0 Å². The fraction of sp³-hybridized carbons (Fsp3) is 0.417. The summed E-state index contributed by atoms with van der Waals surface area (Å²) in [5.41, 5.74) is 1.39. The van der Waals surface area contributed by atoms with E-state index in [1.165, 1.54) is 12.1 Å². The number of amides is 1. The van der Waals surface area contributed by atoms with Gasteiger partial charge >= 0.3 is 0 Å². The first-order valence-electron chi connectivity index (χ1n) is 5.75. The zero-order chi connectivity index (χ0) is 13.3. The highest BCUT2D eigenvalue weighted by Crippen LogP contribution is 2.32. The molecule has 0 spiro atoms. The van der Waals surface area contributed by atoms with Gasteiger partial charge < -0.3 is 10.0 Å². The van der Waals surface area contributed by atoms with Crippen LogP contribution in [0.3, 0.4) is 0 Å². The molecule has 96 valence electrons. The Balaban J connectivity index is 2.24. The van der Waals surface area contributed by atoms with Crippen molar-refractivity contribution in [1.29, 1.82) is 0 Å². The van der Waals surface area contributed by atoms with Gasteiger partial charge in [-0.1, -0.05) is 0 Å². The van der Waals surface area contributed by atoms with Crippen LogP contribution >= 0.6 is 0 Å². The van der Waals surface area contributed by atoms with Crippen molar-refractivity contribution in [1.82, 2.24) is 0 Å². The molecule has 1 atom stereocenters. The van der Waals surface area contributed by atoms with Crippen molar-refractivity contribution < 1.29 is 14.8 Å². The van der Waals surface area contributed by atoms with E-state index in [1.54, 1.807) is 17.9 Å². The van der Waals surface area contributed by atoms with Crippen molar-refractivity contribution in [3.63, 3.8) is 0 Å². The number of carbonyl (C=O) groups excluding carboxylic acids is 1. The first-order chi connectivity index (χ1) is 8.49. The second-order valence-electron chi connectivity index (χ2n) is 4.43. The maximum atomic E-state index is 11.8. The first-order valence-corrected chi connectivity index (χ1v) is 5.75. The summed E-state index contributed by atoms with van der Waals surface area (Å²) >= 11 is 0. The molecular formula is C12H14N2O4. The fourth-order valence-corrected chi connectivity index (χ4v) is 2.04. The molecule has 0 bridgehead atoms. The molecule has 6 heteroatoms.